The molecule has 2 aromatic heterocycles. The largest absolute Gasteiger partial charge is 0.371 e. The molecule has 0 atom stereocenters. The molecule has 0 bridgehead atoms. The summed E-state index contributed by atoms with van der Waals surface area (Å²) in [4.78, 5) is 25.7. The molecule has 248 valence electrons. The van der Waals surface area contributed by atoms with Gasteiger partial charge in [-0.15, -0.1) is 0 Å². The van der Waals surface area contributed by atoms with Gasteiger partial charge in [-0.1, -0.05) is 19.6 Å². The first kappa shape index (κ1) is 32.6. The summed E-state index contributed by atoms with van der Waals surface area (Å²) in [5.41, 5.74) is 6.04. The Bertz CT molecular complexity index is 1850. The minimum Gasteiger partial charge on any atom is -0.371 e. The Balaban J connectivity index is 1.21. The number of sulfonamides is 1. The zero-order valence-electron chi connectivity index (χ0n) is 27.6. The van der Waals surface area contributed by atoms with Gasteiger partial charge in [-0.3, -0.25) is 19.2 Å². The van der Waals surface area contributed by atoms with Crippen LogP contribution >= 0.6 is 0 Å². The highest BCUT2D eigenvalue weighted by Crippen LogP contribution is 2.36. The van der Waals surface area contributed by atoms with Gasteiger partial charge in [0.15, 0.2) is 0 Å². The van der Waals surface area contributed by atoms with Gasteiger partial charge in [-0.2, -0.15) is 4.98 Å². The molecule has 2 fully saturated rings. The lowest BCUT2D eigenvalue weighted by atomic mass is 10.00. The van der Waals surface area contributed by atoms with Gasteiger partial charge >= 0.3 is 0 Å². The van der Waals surface area contributed by atoms with Gasteiger partial charge in [-0.05, 0) is 62.2 Å². The van der Waals surface area contributed by atoms with Crippen molar-refractivity contribution < 1.29 is 8.42 Å². The van der Waals surface area contributed by atoms with Gasteiger partial charge in [0, 0.05) is 87.9 Å². The second kappa shape index (κ2) is 13.8. The van der Waals surface area contributed by atoms with E-state index < -0.39 is 10.0 Å². The van der Waals surface area contributed by atoms with Gasteiger partial charge < -0.3 is 20.4 Å². The maximum Gasteiger partial charge on any atom is 0.232 e. The second-order valence-corrected chi connectivity index (χ2v) is 14.3. The summed E-state index contributed by atoms with van der Waals surface area (Å²) in [5, 5.41) is 6.70. The Hall–Kier alpha value is -4.33. The third kappa shape index (κ3) is 7.16. The minimum absolute atomic E-state index is 0.372. The van der Waals surface area contributed by atoms with E-state index in [4.69, 9.17) is 4.98 Å². The number of nitrogens with zero attached hydrogens (tertiary/aromatic N) is 8. The molecule has 0 saturated carbocycles. The SMILES string of the molecule is C=Cc1cnc(Nc2ccc(N3CCC(N4CCN(C)CC4)CC3)c(CC)c2)nc1Nc1ccc2nccnc2c1N(C)S(C)(=O)=O. The fraction of sp³-hybridized carbons (Fsp3) is 0.412. The number of piperazine rings is 1. The monoisotopic (exact) mass is 656 g/mol. The molecule has 0 aliphatic carbocycles. The first-order chi connectivity index (χ1) is 22.6. The molecule has 2 aromatic carbocycles. The van der Waals surface area contributed by atoms with Crippen molar-refractivity contribution in [1.82, 2.24) is 29.7 Å². The van der Waals surface area contributed by atoms with Gasteiger partial charge in [-0.25, -0.2) is 13.4 Å². The van der Waals surface area contributed by atoms with Crippen LogP contribution in [0.1, 0.15) is 30.9 Å². The molecular formula is C34H44N10O2S. The Morgan fingerprint density at radius 1 is 1.00 bits per heavy atom. The van der Waals surface area contributed by atoms with Gasteiger partial charge in [0.05, 0.1) is 17.5 Å². The van der Waals surface area contributed by atoms with E-state index in [1.165, 1.54) is 48.5 Å². The van der Waals surface area contributed by atoms with Gasteiger partial charge in [0.1, 0.15) is 17.0 Å². The molecule has 4 heterocycles. The van der Waals surface area contributed by atoms with E-state index in [2.05, 4.69) is 79.0 Å². The minimum atomic E-state index is -3.60. The van der Waals surface area contributed by atoms with Crippen LogP contribution in [0.5, 0.6) is 0 Å². The van der Waals surface area contributed by atoms with Crippen molar-refractivity contribution in [2.45, 2.75) is 32.2 Å². The zero-order chi connectivity index (χ0) is 33.1. The van der Waals surface area contributed by atoms with E-state index in [0.717, 1.165) is 44.5 Å². The number of anilines is 6. The average Bonchev–Trinajstić information content (AvgIpc) is 3.08. The summed E-state index contributed by atoms with van der Waals surface area (Å²) >= 11 is 0. The van der Waals surface area contributed by atoms with E-state index in [0.29, 0.717) is 45.8 Å². The van der Waals surface area contributed by atoms with Crippen LogP contribution in [0.3, 0.4) is 0 Å². The number of fused-ring (bicyclic) bond motifs is 1. The van der Waals surface area contributed by atoms with Crippen LogP contribution in [0.4, 0.5) is 34.5 Å². The van der Waals surface area contributed by atoms with Crippen LogP contribution in [0.15, 0.2) is 55.5 Å². The number of hydrogen-bond acceptors (Lipinski definition) is 11. The molecule has 2 saturated heterocycles. The number of likely N-dealkylation sites (N-methyl/N-ethyl adjacent to an activating group) is 1. The van der Waals surface area contributed by atoms with Crippen molar-refractivity contribution in [3.8, 4) is 0 Å². The zero-order valence-corrected chi connectivity index (χ0v) is 28.5. The van der Waals surface area contributed by atoms with Crippen LogP contribution in [0.25, 0.3) is 17.1 Å². The van der Waals surface area contributed by atoms with Crippen LogP contribution < -0.4 is 19.8 Å². The summed E-state index contributed by atoms with van der Waals surface area (Å²) in [6.45, 7) is 12.9. The lowest BCUT2D eigenvalue weighted by molar-refractivity contribution is 0.0982. The van der Waals surface area contributed by atoms with Crippen molar-refractivity contribution in [1.29, 1.82) is 0 Å². The van der Waals surface area contributed by atoms with Crippen LogP contribution in [0, 0.1) is 0 Å². The quantitative estimate of drug-likeness (QED) is 0.247. The number of rotatable bonds is 10. The fourth-order valence-corrected chi connectivity index (χ4v) is 7.00. The maximum absolute atomic E-state index is 12.6. The third-order valence-corrected chi connectivity index (χ3v) is 10.5. The molecule has 2 aliphatic heterocycles. The van der Waals surface area contributed by atoms with Crippen molar-refractivity contribution in [3.05, 3.63) is 66.6 Å². The molecule has 4 aromatic rings. The molecule has 2 aliphatic rings. The highest BCUT2D eigenvalue weighted by molar-refractivity contribution is 7.92. The summed E-state index contributed by atoms with van der Waals surface area (Å²) in [6.07, 6.45) is 10.9. The number of aryl methyl sites for hydroxylation is 1. The van der Waals surface area contributed by atoms with Crippen molar-refractivity contribution in [3.63, 3.8) is 0 Å². The molecule has 12 nitrogen and oxygen atoms in total. The van der Waals surface area contributed by atoms with Crippen LogP contribution in [0.2, 0.25) is 0 Å². The second-order valence-electron chi connectivity index (χ2n) is 12.3. The molecule has 0 amide bonds. The number of aromatic nitrogens is 4. The normalized spacial score (nSPS) is 16.7. The molecule has 0 spiro atoms. The topological polar surface area (TPSA) is 123 Å². The van der Waals surface area contributed by atoms with Crippen molar-refractivity contribution in [2.24, 2.45) is 0 Å². The first-order valence-corrected chi connectivity index (χ1v) is 18.0. The summed E-state index contributed by atoms with van der Waals surface area (Å²) in [6, 6.07) is 10.7. The van der Waals surface area contributed by atoms with Crippen LogP contribution in [-0.2, 0) is 16.4 Å². The predicted molar refractivity (Wildman–Crippen MR) is 192 cm³/mol. The van der Waals surface area contributed by atoms with E-state index in [-0.39, 0.29) is 0 Å². The molecule has 47 heavy (non-hydrogen) atoms. The molecule has 0 unspecified atom stereocenters. The highest BCUT2D eigenvalue weighted by Gasteiger charge is 2.27. The third-order valence-electron chi connectivity index (χ3n) is 9.29. The van der Waals surface area contributed by atoms with Crippen molar-refractivity contribution in [2.75, 3.05) is 79.5 Å². The molecule has 2 N–H and O–H groups in total. The van der Waals surface area contributed by atoms with E-state index in [1.54, 1.807) is 36.8 Å². The molecule has 0 radical (unpaired) electrons. The van der Waals surface area contributed by atoms with Crippen molar-refractivity contribution >= 4 is 61.6 Å². The fourth-order valence-electron chi connectivity index (χ4n) is 6.48. The summed E-state index contributed by atoms with van der Waals surface area (Å²) < 4.78 is 26.4. The smallest absolute Gasteiger partial charge is 0.232 e. The number of benzene rings is 2. The Morgan fingerprint density at radius 2 is 1.74 bits per heavy atom. The lowest BCUT2D eigenvalue weighted by Crippen LogP contribution is -2.52. The Labute approximate surface area is 277 Å². The Morgan fingerprint density at radius 3 is 2.45 bits per heavy atom. The number of nitrogens with one attached hydrogen (secondary N) is 2. The van der Waals surface area contributed by atoms with E-state index in [9.17, 15) is 8.42 Å². The van der Waals surface area contributed by atoms with E-state index in [1.807, 2.05) is 0 Å². The summed E-state index contributed by atoms with van der Waals surface area (Å²) in [7, 11) is 0.106. The van der Waals surface area contributed by atoms with Gasteiger partial charge in [0.2, 0.25) is 16.0 Å². The molecule has 13 heteroatoms. The lowest BCUT2D eigenvalue weighted by Gasteiger charge is -2.43. The summed E-state index contributed by atoms with van der Waals surface area (Å²) in [5.74, 6) is 0.874. The van der Waals surface area contributed by atoms with Crippen LogP contribution in [-0.4, -0.2) is 104 Å². The highest BCUT2D eigenvalue weighted by atomic mass is 32.2. The number of piperidine rings is 1. The molecular weight excluding hydrogens is 613 g/mol. The molecule has 6 rings (SSSR count). The predicted octanol–water partition coefficient (Wildman–Crippen LogP) is 4.72. The van der Waals surface area contributed by atoms with E-state index >= 15 is 0 Å². The number of hydrogen-bond donors (Lipinski definition) is 2. The maximum atomic E-state index is 12.6. The Kier molecular flexibility index (Phi) is 9.57. The van der Waals surface area contributed by atoms with Gasteiger partial charge in [0.25, 0.3) is 0 Å². The average molecular weight is 657 g/mol. The standard InChI is InChI=1S/C34H44N10O2S/c1-6-24-22-26(8-11-30(24)44-16-12-27(13-17-44)43-20-18-41(3)19-21-43)38-34-37-23-25(7-2)33(40-34)39-29-10-9-28-31(36-15-14-35-28)32(29)42(4)47(5,45)46/h7-11,14-15,22-23,27H,2,6,12-13,16-21H2,1,3-5H3,(H2,37,38,39,40). The first-order valence-electron chi connectivity index (χ1n) is 16.2.